The summed E-state index contributed by atoms with van der Waals surface area (Å²) in [5, 5.41) is 2.55. The fraction of sp³-hybridized carbons (Fsp3) is 0.133. The molecule has 0 aliphatic carbocycles. The molecule has 0 heterocycles. The molecule has 0 fully saturated rings. The molecular weight excluding hydrogens is 278 g/mol. The number of hydrogen-bond acceptors (Lipinski definition) is 3. The lowest BCUT2D eigenvalue weighted by Gasteiger charge is -2.10. The van der Waals surface area contributed by atoms with Gasteiger partial charge in [0.2, 0.25) is 5.91 Å². The van der Waals surface area contributed by atoms with Gasteiger partial charge in [0.25, 0.3) is 0 Å². The first-order valence-electron chi connectivity index (χ1n) is 6.17. The second-order valence-electron chi connectivity index (χ2n) is 4.39. The van der Waals surface area contributed by atoms with Gasteiger partial charge in [0.15, 0.2) is 11.6 Å². The maximum absolute atomic E-state index is 13.5. The number of carbonyl (C=O) groups is 1. The van der Waals surface area contributed by atoms with Gasteiger partial charge < -0.3 is 15.8 Å². The summed E-state index contributed by atoms with van der Waals surface area (Å²) in [4.78, 5) is 11.9. The number of amides is 1. The number of nitrogens with one attached hydrogen (secondary N) is 1. The minimum atomic E-state index is -1.02. The fourth-order valence-electron chi connectivity index (χ4n) is 1.83. The fourth-order valence-corrected chi connectivity index (χ4v) is 1.83. The van der Waals surface area contributed by atoms with Gasteiger partial charge in [-0.05, 0) is 18.2 Å². The van der Waals surface area contributed by atoms with Crippen LogP contribution < -0.4 is 15.8 Å². The summed E-state index contributed by atoms with van der Waals surface area (Å²) >= 11 is 0. The maximum atomic E-state index is 13.5. The standard InChI is InChI=1S/C15H14F2N2O2/c1-21-10-5-6-13(12(18)8-10)19-14(20)7-9-3-2-4-11(16)15(9)17/h2-6,8H,7,18H2,1H3,(H,19,20). The van der Waals surface area contributed by atoms with E-state index in [0.717, 1.165) is 6.07 Å². The van der Waals surface area contributed by atoms with E-state index in [1.54, 1.807) is 18.2 Å². The Balaban J connectivity index is 2.10. The van der Waals surface area contributed by atoms with Gasteiger partial charge in [-0.25, -0.2) is 8.78 Å². The molecule has 0 saturated carbocycles. The Labute approximate surface area is 120 Å². The van der Waals surface area contributed by atoms with Crippen molar-refractivity contribution in [3.8, 4) is 5.75 Å². The highest BCUT2D eigenvalue weighted by Crippen LogP contribution is 2.24. The van der Waals surface area contributed by atoms with Crippen molar-refractivity contribution in [1.29, 1.82) is 0 Å². The second-order valence-corrected chi connectivity index (χ2v) is 4.39. The highest BCUT2D eigenvalue weighted by Gasteiger charge is 2.12. The van der Waals surface area contributed by atoms with E-state index in [1.807, 2.05) is 0 Å². The first kappa shape index (κ1) is 14.8. The molecule has 1 amide bonds. The maximum Gasteiger partial charge on any atom is 0.228 e. The van der Waals surface area contributed by atoms with Gasteiger partial charge in [0.05, 0.1) is 24.9 Å². The minimum absolute atomic E-state index is 0.0143. The third kappa shape index (κ3) is 3.47. The summed E-state index contributed by atoms with van der Waals surface area (Å²) in [6.07, 6.45) is -0.283. The van der Waals surface area contributed by atoms with Gasteiger partial charge in [-0.3, -0.25) is 4.79 Å². The van der Waals surface area contributed by atoms with Crippen LogP contribution in [0.2, 0.25) is 0 Å². The van der Waals surface area contributed by atoms with Crippen LogP contribution in [0.3, 0.4) is 0 Å². The van der Waals surface area contributed by atoms with Gasteiger partial charge in [-0.15, -0.1) is 0 Å². The molecule has 0 unspecified atom stereocenters. The van der Waals surface area contributed by atoms with E-state index < -0.39 is 17.5 Å². The molecule has 0 aliphatic rings. The molecule has 0 aliphatic heterocycles. The predicted molar refractivity (Wildman–Crippen MR) is 76.1 cm³/mol. The number of ether oxygens (including phenoxy) is 1. The minimum Gasteiger partial charge on any atom is -0.497 e. The molecule has 0 spiro atoms. The summed E-state index contributed by atoms with van der Waals surface area (Å²) < 4.78 is 31.5. The Kier molecular flexibility index (Phi) is 4.37. The first-order chi connectivity index (χ1) is 10.0. The van der Waals surface area contributed by atoms with Crippen LogP contribution in [0.25, 0.3) is 0 Å². The number of carbonyl (C=O) groups excluding carboxylic acids is 1. The number of benzene rings is 2. The largest absolute Gasteiger partial charge is 0.497 e. The van der Waals surface area contributed by atoms with Crippen molar-refractivity contribution in [2.75, 3.05) is 18.2 Å². The van der Waals surface area contributed by atoms with Crippen molar-refractivity contribution in [2.45, 2.75) is 6.42 Å². The SMILES string of the molecule is COc1ccc(NC(=O)Cc2cccc(F)c2F)c(N)c1. The van der Waals surface area contributed by atoms with Crippen molar-refractivity contribution in [1.82, 2.24) is 0 Å². The van der Waals surface area contributed by atoms with E-state index in [4.69, 9.17) is 10.5 Å². The van der Waals surface area contributed by atoms with Gasteiger partial charge in [0.1, 0.15) is 5.75 Å². The van der Waals surface area contributed by atoms with Crippen molar-refractivity contribution < 1.29 is 18.3 Å². The normalized spacial score (nSPS) is 10.2. The first-order valence-corrected chi connectivity index (χ1v) is 6.17. The average molecular weight is 292 g/mol. The van der Waals surface area contributed by atoms with E-state index in [1.165, 1.54) is 19.2 Å². The molecule has 0 saturated heterocycles. The second kappa shape index (κ2) is 6.21. The molecule has 6 heteroatoms. The quantitative estimate of drug-likeness (QED) is 0.852. The Morgan fingerprint density at radius 1 is 1.29 bits per heavy atom. The molecule has 0 atom stereocenters. The summed E-state index contributed by atoms with van der Waals surface area (Å²) in [7, 11) is 1.50. The smallest absolute Gasteiger partial charge is 0.228 e. The van der Waals surface area contributed by atoms with Crippen LogP contribution in [0, 0.1) is 11.6 Å². The van der Waals surface area contributed by atoms with Crippen LogP contribution in [-0.4, -0.2) is 13.0 Å². The van der Waals surface area contributed by atoms with Crippen molar-refractivity contribution in [3.63, 3.8) is 0 Å². The number of methoxy groups -OCH3 is 1. The topological polar surface area (TPSA) is 64.3 Å². The lowest BCUT2D eigenvalue weighted by Crippen LogP contribution is -2.16. The van der Waals surface area contributed by atoms with E-state index in [2.05, 4.69) is 5.32 Å². The molecule has 0 bridgehead atoms. The predicted octanol–water partition coefficient (Wildman–Crippen LogP) is 2.74. The molecule has 2 aromatic rings. The zero-order chi connectivity index (χ0) is 15.4. The third-order valence-corrected chi connectivity index (χ3v) is 2.92. The number of nitrogen functional groups attached to an aromatic ring is 1. The Morgan fingerprint density at radius 2 is 2.05 bits per heavy atom. The van der Waals surface area contributed by atoms with Crippen LogP contribution in [0.5, 0.6) is 5.75 Å². The Bertz CT molecular complexity index is 675. The van der Waals surface area contributed by atoms with Gasteiger partial charge >= 0.3 is 0 Å². The Hall–Kier alpha value is -2.63. The van der Waals surface area contributed by atoms with Crippen molar-refractivity contribution in [3.05, 3.63) is 53.6 Å². The molecule has 21 heavy (non-hydrogen) atoms. The number of nitrogens with two attached hydrogens (primary N) is 1. The van der Waals surface area contributed by atoms with Crippen LogP contribution >= 0.6 is 0 Å². The molecule has 0 aromatic heterocycles. The summed E-state index contributed by atoms with van der Waals surface area (Å²) in [6.45, 7) is 0. The summed E-state index contributed by atoms with van der Waals surface area (Å²) in [6, 6.07) is 8.47. The Morgan fingerprint density at radius 3 is 2.71 bits per heavy atom. The zero-order valence-electron chi connectivity index (χ0n) is 11.3. The highest BCUT2D eigenvalue weighted by molar-refractivity contribution is 5.95. The highest BCUT2D eigenvalue weighted by atomic mass is 19.2. The summed E-state index contributed by atoms with van der Waals surface area (Å²) in [5.41, 5.74) is 6.46. The van der Waals surface area contributed by atoms with Crippen molar-refractivity contribution >= 4 is 17.3 Å². The van der Waals surface area contributed by atoms with Gasteiger partial charge in [0, 0.05) is 11.6 Å². The van der Waals surface area contributed by atoms with Crippen molar-refractivity contribution in [2.24, 2.45) is 0 Å². The number of rotatable bonds is 4. The number of hydrogen-bond donors (Lipinski definition) is 2. The monoisotopic (exact) mass is 292 g/mol. The molecule has 4 nitrogen and oxygen atoms in total. The van der Waals surface area contributed by atoms with Gasteiger partial charge in [-0.2, -0.15) is 0 Å². The van der Waals surface area contributed by atoms with Crippen LogP contribution in [0.15, 0.2) is 36.4 Å². The molecular formula is C15H14F2N2O2. The van der Waals surface area contributed by atoms with Crippen LogP contribution in [0.4, 0.5) is 20.2 Å². The van der Waals surface area contributed by atoms with E-state index in [0.29, 0.717) is 17.1 Å². The average Bonchev–Trinajstić information content (AvgIpc) is 2.46. The zero-order valence-corrected chi connectivity index (χ0v) is 11.3. The molecule has 110 valence electrons. The molecule has 2 rings (SSSR count). The molecule has 3 N–H and O–H groups in total. The molecule has 2 aromatic carbocycles. The lowest BCUT2D eigenvalue weighted by atomic mass is 10.1. The van der Waals surface area contributed by atoms with Gasteiger partial charge in [-0.1, -0.05) is 12.1 Å². The van der Waals surface area contributed by atoms with Crippen LogP contribution in [0.1, 0.15) is 5.56 Å². The van der Waals surface area contributed by atoms with E-state index in [-0.39, 0.29) is 12.0 Å². The third-order valence-electron chi connectivity index (χ3n) is 2.92. The number of halogens is 2. The lowest BCUT2D eigenvalue weighted by molar-refractivity contribution is -0.115. The summed E-state index contributed by atoms with van der Waals surface area (Å²) in [5.74, 6) is -1.93. The van der Waals surface area contributed by atoms with E-state index >= 15 is 0 Å². The van der Waals surface area contributed by atoms with E-state index in [9.17, 15) is 13.6 Å². The molecule has 0 radical (unpaired) electrons. The van der Waals surface area contributed by atoms with Crippen LogP contribution in [-0.2, 0) is 11.2 Å². The number of anilines is 2.